The topological polar surface area (TPSA) is 111 Å². The molecular weight excluding hydrogens is 541 g/mol. The lowest BCUT2D eigenvalue weighted by Gasteiger charge is -2.24. The van der Waals surface area contributed by atoms with Crippen molar-refractivity contribution in [1.29, 1.82) is 0 Å². The highest BCUT2D eigenvalue weighted by atomic mass is 32.1. The van der Waals surface area contributed by atoms with Crippen LogP contribution < -0.4 is 5.73 Å². The number of carbonyl (C=O) groups is 2. The zero-order chi connectivity index (χ0) is 27.7. The van der Waals surface area contributed by atoms with Crippen LogP contribution in [0.25, 0.3) is 42.9 Å². The molecule has 0 radical (unpaired) electrons. The number of hydrogen-bond donors (Lipinski definition) is 2. The van der Waals surface area contributed by atoms with E-state index in [1.165, 1.54) is 36.2 Å². The van der Waals surface area contributed by atoms with Crippen LogP contribution in [0.1, 0.15) is 69.5 Å². The van der Waals surface area contributed by atoms with Crippen LogP contribution in [0.4, 0.5) is 0 Å². The molecule has 0 bridgehead atoms. The zero-order valence-corrected chi connectivity index (χ0v) is 24.1. The molecule has 9 heteroatoms. The second-order valence-corrected chi connectivity index (χ2v) is 13.4. The minimum absolute atomic E-state index is 0.335. The SMILES string of the molecule is Cc1nc(C)c(-c2ccc3c4c(ccc3n2)-c2c(C3CCCCC3)c3sc(C(=O)O)cc3n2CC(C(N)=O)C4)s1. The Morgan fingerprint density at radius 1 is 1.05 bits per heavy atom. The Hall–Kier alpha value is -3.56. The number of thiophene rings is 1. The first-order chi connectivity index (χ1) is 19.3. The maximum absolute atomic E-state index is 12.8. The summed E-state index contributed by atoms with van der Waals surface area (Å²) in [5, 5.41) is 11.9. The lowest BCUT2D eigenvalue weighted by atomic mass is 9.82. The van der Waals surface area contributed by atoms with E-state index in [4.69, 9.17) is 10.7 Å². The van der Waals surface area contributed by atoms with Crippen molar-refractivity contribution >= 4 is 55.7 Å². The number of carboxylic acid groups (broad SMARTS) is 1. The van der Waals surface area contributed by atoms with Gasteiger partial charge in [0.1, 0.15) is 4.88 Å². The Labute approximate surface area is 239 Å². The number of carbonyl (C=O) groups excluding carboxylic acids is 1. The highest BCUT2D eigenvalue weighted by Gasteiger charge is 2.34. The van der Waals surface area contributed by atoms with Gasteiger partial charge in [-0.2, -0.15) is 0 Å². The van der Waals surface area contributed by atoms with Crippen LogP contribution in [0, 0.1) is 19.8 Å². The fraction of sp³-hybridized carbons (Fsp3) is 0.355. The molecule has 1 unspecified atom stereocenters. The molecule has 0 saturated heterocycles. The highest BCUT2D eigenvalue weighted by molar-refractivity contribution is 7.21. The third kappa shape index (κ3) is 3.97. The fourth-order valence-corrected chi connectivity index (χ4v) is 8.84. The predicted molar refractivity (Wildman–Crippen MR) is 160 cm³/mol. The average molecular weight is 571 g/mol. The first-order valence-corrected chi connectivity index (χ1v) is 15.5. The standard InChI is InChI=1S/C31H30N4O3S2/c1-15-28(39-16(2)33-15)23-11-8-19-21-12-18(30(32)36)14-35-24-13-25(31(37)38)40-29(24)26(17-6-4-3-5-7-17)27(35)20(21)9-10-22(19)34-23/h8-11,13,17-18H,3-7,12,14H2,1-2H3,(H2,32,36)(H,37,38). The van der Waals surface area contributed by atoms with E-state index in [2.05, 4.69) is 33.8 Å². The molecule has 40 heavy (non-hydrogen) atoms. The number of pyridine rings is 1. The van der Waals surface area contributed by atoms with Crippen molar-refractivity contribution in [3.05, 3.63) is 57.0 Å². The molecule has 204 valence electrons. The Morgan fingerprint density at radius 2 is 1.85 bits per heavy atom. The van der Waals surface area contributed by atoms with Crippen molar-refractivity contribution in [1.82, 2.24) is 14.5 Å². The number of primary amides is 1. The van der Waals surface area contributed by atoms with Crippen LogP contribution in [-0.4, -0.2) is 31.5 Å². The minimum Gasteiger partial charge on any atom is -0.477 e. The Balaban J connectivity index is 1.50. The van der Waals surface area contributed by atoms with E-state index in [0.29, 0.717) is 23.8 Å². The molecule has 3 N–H and O–H groups in total. The van der Waals surface area contributed by atoms with Gasteiger partial charge in [0.25, 0.3) is 0 Å². The molecule has 4 aromatic heterocycles. The second kappa shape index (κ2) is 9.52. The first kappa shape index (κ1) is 25.4. The molecule has 1 atom stereocenters. The van der Waals surface area contributed by atoms with E-state index in [1.807, 2.05) is 13.8 Å². The molecule has 1 aromatic carbocycles. The third-order valence-electron chi connectivity index (χ3n) is 8.63. The summed E-state index contributed by atoms with van der Waals surface area (Å²) in [6.07, 6.45) is 6.28. The van der Waals surface area contributed by atoms with Crippen LogP contribution in [0.3, 0.4) is 0 Å². The minimum atomic E-state index is -0.912. The molecular formula is C31H30N4O3S2. The maximum atomic E-state index is 12.8. The van der Waals surface area contributed by atoms with E-state index in [9.17, 15) is 14.7 Å². The number of nitrogens with zero attached hydrogens (tertiary/aromatic N) is 3. The lowest BCUT2D eigenvalue weighted by molar-refractivity contribution is -0.122. The number of nitrogens with two attached hydrogens (primary N) is 1. The van der Waals surface area contributed by atoms with Gasteiger partial charge in [-0.25, -0.2) is 14.8 Å². The summed E-state index contributed by atoms with van der Waals surface area (Å²) >= 11 is 3.01. The predicted octanol–water partition coefficient (Wildman–Crippen LogP) is 7.06. The van der Waals surface area contributed by atoms with Crippen molar-refractivity contribution in [2.45, 2.75) is 64.8 Å². The first-order valence-electron chi connectivity index (χ1n) is 13.9. The summed E-state index contributed by atoms with van der Waals surface area (Å²) < 4.78 is 3.24. The number of hydrogen-bond acceptors (Lipinski definition) is 6. The molecule has 7 nitrogen and oxygen atoms in total. The summed E-state index contributed by atoms with van der Waals surface area (Å²) in [5.41, 5.74) is 14.3. The fourth-order valence-electron chi connectivity index (χ4n) is 6.83. The van der Waals surface area contributed by atoms with Crippen LogP contribution in [-0.2, 0) is 17.8 Å². The van der Waals surface area contributed by atoms with Crippen LogP contribution in [0.2, 0.25) is 0 Å². The van der Waals surface area contributed by atoms with Gasteiger partial charge in [-0.1, -0.05) is 31.4 Å². The van der Waals surface area contributed by atoms with Crippen molar-refractivity contribution in [3.63, 3.8) is 0 Å². The van der Waals surface area contributed by atoms with Gasteiger partial charge in [0.15, 0.2) is 0 Å². The van der Waals surface area contributed by atoms with Crippen molar-refractivity contribution in [2.75, 3.05) is 0 Å². The summed E-state index contributed by atoms with van der Waals surface area (Å²) in [5.74, 6) is -1.31. The average Bonchev–Trinajstić information content (AvgIpc) is 3.56. The molecule has 1 aliphatic carbocycles. The maximum Gasteiger partial charge on any atom is 0.345 e. The summed E-state index contributed by atoms with van der Waals surface area (Å²) in [4.78, 5) is 35.8. The van der Waals surface area contributed by atoms with Crippen molar-refractivity contribution in [3.8, 4) is 21.8 Å². The number of aromatic carboxylic acids is 1. The number of benzene rings is 1. The third-order valence-corrected chi connectivity index (χ3v) is 10.9. The van der Waals surface area contributed by atoms with Crippen molar-refractivity contribution in [2.24, 2.45) is 11.7 Å². The Bertz CT molecular complexity index is 1840. The number of fused-ring (bicyclic) bond motifs is 7. The number of carboxylic acids is 1. The van der Waals surface area contributed by atoms with Crippen molar-refractivity contribution < 1.29 is 14.7 Å². The number of aryl methyl sites for hydroxylation is 2. The smallest absolute Gasteiger partial charge is 0.345 e. The van der Waals surface area contributed by atoms with E-state index in [0.717, 1.165) is 72.1 Å². The number of amides is 1. The van der Waals surface area contributed by atoms with Gasteiger partial charge in [-0.15, -0.1) is 22.7 Å². The zero-order valence-electron chi connectivity index (χ0n) is 22.5. The van der Waals surface area contributed by atoms with Gasteiger partial charge in [-0.05, 0) is 68.4 Å². The summed E-state index contributed by atoms with van der Waals surface area (Å²) in [6, 6.07) is 10.2. The molecule has 7 rings (SSSR count). The number of aromatic nitrogens is 3. The van der Waals surface area contributed by atoms with E-state index in [1.54, 1.807) is 17.4 Å². The van der Waals surface area contributed by atoms with Gasteiger partial charge >= 0.3 is 5.97 Å². The Kier molecular flexibility index (Phi) is 6.05. The summed E-state index contributed by atoms with van der Waals surface area (Å²) in [6.45, 7) is 4.46. The quantitative estimate of drug-likeness (QED) is 0.240. The van der Waals surface area contributed by atoms with Gasteiger partial charge < -0.3 is 15.4 Å². The van der Waals surface area contributed by atoms with E-state index < -0.39 is 11.9 Å². The molecule has 5 heterocycles. The molecule has 1 amide bonds. The molecule has 1 aliphatic heterocycles. The molecule has 0 spiro atoms. The number of rotatable bonds is 4. The van der Waals surface area contributed by atoms with Gasteiger partial charge in [0.05, 0.1) is 48.6 Å². The van der Waals surface area contributed by atoms with Gasteiger partial charge in [-0.3, -0.25) is 4.79 Å². The van der Waals surface area contributed by atoms with Crippen LogP contribution in [0.5, 0.6) is 0 Å². The normalized spacial score (nSPS) is 17.6. The second-order valence-electron chi connectivity index (χ2n) is 11.1. The largest absolute Gasteiger partial charge is 0.477 e. The monoisotopic (exact) mass is 570 g/mol. The Morgan fingerprint density at radius 3 is 2.55 bits per heavy atom. The molecule has 1 fully saturated rings. The van der Waals surface area contributed by atoms with Crippen LogP contribution >= 0.6 is 22.7 Å². The van der Waals surface area contributed by atoms with E-state index in [-0.39, 0.29) is 5.91 Å². The highest BCUT2D eigenvalue weighted by Crippen LogP contribution is 2.49. The molecule has 2 aliphatic rings. The molecule has 1 saturated carbocycles. The summed E-state index contributed by atoms with van der Waals surface area (Å²) in [7, 11) is 0. The van der Waals surface area contributed by atoms with Gasteiger partial charge in [0, 0.05) is 17.5 Å². The van der Waals surface area contributed by atoms with Gasteiger partial charge in [0.2, 0.25) is 5.91 Å². The van der Waals surface area contributed by atoms with E-state index >= 15 is 0 Å². The van der Waals surface area contributed by atoms with Crippen LogP contribution in [0.15, 0.2) is 30.3 Å². The number of thiazole rings is 1. The lowest BCUT2D eigenvalue weighted by Crippen LogP contribution is -2.28. The molecule has 5 aromatic rings.